The van der Waals surface area contributed by atoms with Gasteiger partial charge in [0.15, 0.2) is 0 Å². The molecule has 17 heavy (non-hydrogen) atoms. The summed E-state index contributed by atoms with van der Waals surface area (Å²) in [6.07, 6.45) is 6.41. The number of carbonyl (C=O) groups is 1. The van der Waals surface area contributed by atoms with Crippen molar-refractivity contribution in [2.24, 2.45) is 11.8 Å². The summed E-state index contributed by atoms with van der Waals surface area (Å²) in [4.78, 5) is 14.0. The maximum Gasteiger partial charge on any atom is 0.236 e. The van der Waals surface area contributed by atoms with Crippen LogP contribution in [-0.2, 0) is 4.79 Å². The third-order valence-corrected chi connectivity index (χ3v) is 3.43. The van der Waals surface area contributed by atoms with Gasteiger partial charge in [0.1, 0.15) is 0 Å². The van der Waals surface area contributed by atoms with Gasteiger partial charge in [0.05, 0.1) is 6.54 Å². The lowest BCUT2D eigenvalue weighted by molar-refractivity contribution is -0.130. The summed E-state index contributed by atoms with van der Waals surface area (Å²) >= 11 is 0. The van der Waals surface area contributed by atoms with Gasteiger partial charge in [-0.1, -0.05) is 6.92 Å². The second-order valence-electron chi connectivity index (χ2n) is 5.36. The number of carbonyl (C=O) groups excluding carboxylic acids is 1. The van der Waals surface area contributed by atoms with Gasteiger partial charge in [-0.05, 0) is 50.5 Å². The minimum atomic E-state index is 0. The van der Waals surface area contributed by atoms with E-state index in [0.29, 0.717) is 12.5 Å². The summed E-state index contributed by atoms with van der Waals surface area (Å²) in [6, 6.07) is 0. The molecule has 0 aromatic heterocycles. The highest BCUT2D eigenvalue weighted by Gasteiger charge is 2.26. The first kappa shape index (κ1) is 14.8. The topological polar surface area (TPSA) is 32.3 Å². The van der Waals surface area contributed by atoms with E-state index in [1.165, 1.54) is 25.7 Å². The van der Waals surface area contributed by atoms with E-state index in [2.05, 4.69) is 17.1 Å². The van der Waals surface area contributed by atoms with E-state index in [9.17, 15) is 4.79 Å². The first-order valence-electron chi connectivity index (χ1n) is 6.78. The molecule has 2 fully saturated rings. The molecule has 0 spiro atoms. The Morgan fingerprint density at radius 2 is 1.88 bits per heavy atom. The molecule has 2 aliphatic carbocycles. The second kappa shape index (κ2) is 7.22. The van der Waals surface area contributed by atoms with Crippen LogP contribution in [0.1, 0.15) is 39.0 Å². The maximum absolute atomic E-state index is 12.0. The minimum absolute atomic E-state index is 0. The summed E-state index contributed by atoms with van der Waals surface area (Å²) in [5, 5.41) is 3.29. The Balaban J connectivity index is 0.00000144. The molecule has 2 rings (SSSR count). The van der Waals surface area contributed by atoms with Crippen LogP contribution in [0.2, 0.25) is 0 Å². The summed E-state index contributed by atoms with van der Waals surface area (Å²) in [5.74, 6) is 1.96. The fourth-order valence-corrected chi connectivity index (χ4v) is 2.02. The number of hydrogen-bond acceptors (Lipinski definition) is 2. The first-order chi connectivity index (χ1) is 7.79. The number of amides is 1. The molecule has 0 atom stereocenters. The average Bonchev–Trinajstić information content (AvgIpc) is 3.12. The van der Waals surface area contributed by atoms with Crippen LogP contribution in [-0.4, -0.2) is 37.0 Å². The van der Waals surface area contributed by atoms with Crippen molar-refractivity contribution in [1.82, 2.24) is 10.2 Å². The Morgan fingerprint density at radius 3 is 2.41 bits per heavy atom. The van der Waals surface area contributed by atoms with Crippen LogP contribution in [0.15, 0.2) is 0 Å². The molecule has 1 amide bonds. The van der Waals surface area contributed by atoms with Gasteiger partial charge in [-0.25, -0.2) is 0 Å². The van der Waals surface area contributed by atoms with Crippen molar-refractivity contribution in [3.05, 3.63) is 0 Å². The largest absolute Gasteiger partial charge is 0.341 e. The van der Waals surface area contributed by atoms with Crippen molar-refractivity contribution in [2.75, 3.05) is 26.2 Å². The van der Waals surface area contributed by atoms with E-state index in [4.69, 9.17) is 0 Å². The summed E-state index contributed by atoms with van der Waals surface area (Å²) in [7, 11) is 0. The van der Waals surface area contributed by atoms with Crippen molar-refractivity contribution in [1.29, 1.82) is 0 Å². The SMILES string of the molecule is CCCN(CC1CC1)C(=O)CNCC1CC1.Cl. The number of hydrogen-bond donors (Lipinski definition) is 1. The average molecular weight is 261 g/mol. The first-order valence-corrected chi connectivity index (χ1v) is 6.78. The molecule has 0 aliphatic heterocycles. The fourth-order valence-electron chi connectivity index (χ4n) is 2.02. The molecule has 100 valence electrons. The van der Waals surface area contributed by atoms with Gasteiger partial charge >= 0.3 is 0 Å². The predicted molar refractivity (Wildman–Crippen MR) is 72.4 cm³/mol. The van der Waals surface area contributed by atoms with E-state index in [1.54, 1.807) is 0 Å². The molecule has 2 saturated carbocycles. The van der Waals surface area contributed by atoms with E-state index in [-0.39, 0.29) is 12.4 Å². The van der Waals surface area contributed by atoms with Crippen LogP contribution in [0.5, 0.6) is 0 Å². The molecular weight excluding hydrogens is 236 g/mol. The molecule has 3 nitrogen and oxygen atoms in total. The third-order valence-electron chi connectivity index (χ3n) is 3.43. The lowest BCUT2D eigenvalue weighted by Gasteiger charge is -2.22. The Morgan fingerprint density at radius 1 is 1.24 bits per heavy atom. The lowest BCUT2D eigenvalue weighted by atomic mass is 10.3. The van der Waals surface area contributed by atoms with Gasteiger partial charge in [-0.3, -0.25) is 4.79 Å². The predicted octanol–water partition coefficient (Wildman–Crippen LogP) is 2.06. The summed E-state index contributed by atoms with van der Waals surface area (Å²) < 4.78 is 0. The number of nitrogens with zero attached hydrogens (tertiary/aromatic N) is 1. The van der Waals surface area contributed by atoms with Gasteiger partial charge in [-0.2, -0.15) is 0 Å². The summed E-state index contributed by atoms with van der Waals surface area (Å²) in [6.45, 7) is 5.65. The lowest BCUT2D eigenvalue weighted by Crippen LogP contribution is -2.40. The van der Waals surface area contributed by atoms with Crippen LogP contribution in [0, 0.1) is 11.8 Å². The van der Waals surface area contributed by atoms with Crippen LogP contribution in [0.4, 0.5) is 0 Å². The van der Waals surface area contributed by atoms with Crippen molar-refractivity contribution >= 4 is 18.3 Å². The quantitative estimate of drug-likeness (QED) is 0.725. The molecule has 1 N–H and O–H groups in total. The third kappa shape index (κ3) is 5.73. The summed E-state index contributed by atoms with van der Waals surface area (Å²) in [5.41, 5.74) is 0. The number of rotatable bonds is 8. The van der Waals surface area contributed by atoms with Gasteiger partial charge in [0.25, 0.3) is 0 Å². The van der Waals surface area contributed by atoms with Crippen LogP contribution < -0.4 is 5.32 Å². The molecule has 2 aliphatic rings. The Bertz CT molecular complexity index is 240. The second-order valence-corrected chi connectivity index (χ2v) is 5.36. The fraction of sp³-hybridized carbons (Fsp3) is 0.923. The van der Waals surface area contributed by atoms with E-state index in [0.717, 1.165) is 37.9 Å². The molecule has 0 radical (unpaired) electrons. The number of halogens is 1. The monoisotopic (exact) mass is 260 g/mol. The normalized spacial score (nSPS) is 18.6. The zero-order valence-corrected chi connectivity index (χ0v) is 11.6. The molecule has 0 saturated heterocycles. The van der Waals surface area contributed by atoms with Crippen molar-refractivity contribution in [3.63, 3.8) is 0 Å². The Labute approximate surface area is 111 Å². The zero-order chi connectivity index (χ0) is 11.4. The highest BCUT2D eigenvalue weighted by atomic mass is 35.5. The highest BCUT2D eigenvalue weighted by molar-refractivity contribution is 5.85. The van der Waals surface area contributed by atoms with Gasteiger partial charge < -0.3 is 10.2 Å². The molecule has 0 heterocycles. The Hall–Kier alpha value is -0.280. The van der Waals surface area contributed by atoms with Gasteiger partial charge in [0.2, 0.25) is 5.91 Å². The van der Waals surface area contributed by atoms with Crippen molar-refractivity contribution in [2.45, 2.75) is 39.0 Å². The standard InChI is InChI=1S/C13H24N2O.ClH/c1-2-7-15(10-12-5-6-12)13(16)9-14-8-11-3-4-11;/h11-12,14H,2-10H2,1H3;1H. The zero-order valence-electron chi connectivity index (χ0n) is 10.8. The van der Waals surface area contributed by atoms with Crippen LogP contribution in [0.25, 0.3) is 0 Å². The van der Waals surface area contributed by atoms with Gasteiger partial charge in [-0.15, -0.1) is 12.4 Å². The minimum Gasteiger partial charge on any atom is -0.341 e. The van der Waals surface area contributed by atoms with E-state index in [1.807, 2.05) is 0 Å². The molecule has 0 aromatic rings. The van der Waals surface area contributed by atoms with Crippen molar-refractivity contribution < 1.29 is 4.79 Å². The molecule has 0 aromatic carbocycles. The highest BCUT2D eigenvalue weighted by Crippen LogP contribution is 2.30. The van der Waals surface area contributed by atoms with E-state index >= 15 is 0 Å². The Kier molecular flexibility index (Phi) is 6.28. The van der Waals surface area contributed by atoms with Crippen LogP contribution in [0.3, 0.4) is 0 Å². The molecular formula is C13H25ClN2O. The maximum atomic E-state index is 12.0. The molecule has 4 heteroatoms. The van der Waals surface area contributed by atoms with Gasteiger partial charge in [0, 0.05) is 13.1 Å². The number of nitrogens with one attached hydrogen (secondary N) is 1. The van der Waals surface area contributed by atoms with Crippen LogP contribution >= 0.6 is 12.4 Å². The van der Waals surface area contributed by atoms with E-state index < -0.39 is 0 Å². The van der Waals surface area contributed by atoms with Crippen molar-refractivity contribution in [3.8, 4) is 0 Å². The smallest absolute Gasteiger partial charge is 0.236 e. The molecule has 0 bridgehead atoms. The molecule has 0 unspecified atom stereocenters.